The van der Waals surface area contributed by atoms with Crippen LogP contribution in [0.4, 0.5) is 0 Å². The second-order valence-corrected chi connectivity index (χ2v) is 5.16. The van der Waals surface area contributed by atoms with Crippen LogP contribution < -0.4 is 16.5 Å². The Kier molecular flexibility index (Phi) is 3.35. The van der Waals surface area contributed by atoms with Crippen LogP contribution in [0.5, 0.6) is 0 Å². The van der Waals surface area contributed by atoms with Gasteiger partial charge in [0.1, 0.15) is 12.6 Å². The van der Waals surface area contributed by atoms with E-state index < -0.39 is 11.6 Å². The summed E-state index contributed by atoms with van der Waals surface area (Å²) in [5.74, 6) is -0.103. The van der Waals surface area contributed by atoms with E-state index in [1.54, 1.807) is 0 Å². The van der Waals surface area contributed by atoms with Crippen LogP contribution in [0.1, 0.15) is 32.6 Å². The molecule has 2 amide bonds. The third-order valence-electron chi connectivity index (χ3n) is 3.53. The van der Waals surface area contributed by atoms with Gasteiger partial charge in [0, 0.05) is 0 Å². The van der Waals surface area contributed by atoms with E-state index >= 15 is 0 Å². The Morgan fingerprint density at radius 3 is 3.00 bits per heavy atom. The van der Waals surface area contributed by atoms with Gasteiger partial charge >= 0.3 is 0 Å². The average Bonchev–Trinajstić information content (AvgIpc) is 2.64. The van der Waals surface area contributed by atoms with E-state index in [1.165, 1.54) is 0 Å². The minimum Gasteiger partial charge on any atom is -0.341 e. The molecule has 2 unspecified atom stereocenters. The van der Waals surface area contributed by atoms with Gasteiger partial charge in [0.2, 0.25) is 5.91 Å². The van der Waals surface area contributed by atoms with Crippen molar-refractivity contribution in [1.29, 1.82) is 0 Å². The molecule has 6 heteroatoms. The Labute approximate surface area is 100 Å². The van der Waals surface area contributed by atoms with Crippen molar-refractivity contribution in [3.8, 4) is 0 Å². The molecule has 0 aromatic rings. The number of hydrogen-bond donors (Lipinski definition) is 3. The molecule has 1 saturated heterocycles. The molecule has 0 bridgehead atoms. The lowest BCUT2D eigenvalue weighted by atomic mass is 9.76. The summed E-state index contributed by atoms with van der Waals surface area (Å²) < 4.78 is 0. The molecule has 2 aliphatic rings. The van der Waals surface area contributed by atoms with Gasteiger partial charge in [-0.1, -0.05) is 19.8 Å². The second kappa shape index (κ2) is 4.62. The summed E-state index contributed by atoms with van der Waals surface area (Å²) in [6.07, 6.45) is 3.42. The van der Waals surface area contributed by atoms with E-state index in [0.29, 0.717) is 18.8 Å². The van der Waals surface area contributed by atoms with Crippen molar-refractivity contribution in [2.75, 3.05) is 6.61 Å². The van der Waals surface area contributed by atoms with Crippen molar-refractivity contribution in [3.05, 3.63) is 0 Å². The fourth-order valence-corrected chi connectivity index (χ4v) is 2.55. The third kappa shape index (κ3) is 2.58. The molecule has 0 radical (unpaired) electrons. The maximum atomic E-state index is 12.1. The molecule has 6 nitrogen and oxygen atoms in total. The van der Waals surface area contributed by atoms with Gasteiger partial charge in [-0.15, -0.1) is 0 Å². The van der Waals surface area contributed by atoms with Crippen LogP contribution in [0.25, 0.3) is 0 Å². The average molecular weight is 241 g/mol. The maximum absolute atomic E-state index is 12.1. The van der Waals surface area contributed by atoms with Crippen molar-refractivity contribution in [2.45, 2.75) is 44.2 Å². The Hall–Kier alpha value is -1.14. The topological polar surface area (TPSA) is 93.5 Å². The van der Waals surface area contributed by atoms with Crippen molar-refractivity contribution >= 4 is 11.8 Å². The third-order valence-corrected chi connectivity index (χ3v) is 3.53. The molecule has 17 heavy (non-hydrogen) atoms. The molecular weight excluding hydrogens is 222 g/mol. The Bertz CT molecular complexity index is 334. The molecule has 0 aromatic carbocycles. The number of nitrogens with two attached hydrogens (primary N) is 1. The molecular formula is C11H19N3O3. The lowest BCUT2D eigenvalue weighted by Crippen LogP contribution is -2.59. The number of carbonyl (C=O) groups excluding carboxylic acids is 2. The zero-order valence-corrected chi connectivity index (χ0v) is 9.99. The molecule has 1 aliphatic heterocycles. The predicted molar refractivity (Wildman–Crippen MR) is 60.6 cm³/mol. The SMILES string of the molecule is CC1CCCC(N)(C(=O)N[C@@H]2CONC2=O)C1. The van der Waals surface area contributed by atoms with Crippen molar-refractivity contribution in [2.24, 2.45) is 11.7 Å². The highest BCUT2D eigenvalue weighted by Crippen LogP contribution is 2.30. The lowest BCUT2D eigenvalue weighted by Gasteiger charge is -2.35. The van der Waals surface area contributed by atoms with Crippen molar-refractivity contribution in [3.63, 3.8) is 0 Å². The molecule has 0 aromatic heterocycles. The normalized spacial score (nSPS) is 37.6. The van der Waals surface area contributed by atoms with Crippen LogP contribution in [0.2, 0.25) is 0 Å². The van der Waals surface area contributed by atoms with E-state index in [9.17, 15) is 9.59 Å². The van der Waals surface area contributed by atoms with Crippen LogP contribution in [0.3, 0.4) is 0 Å². The van der Waals surface area contributed by atoms with Gasteiger partial charge < -0.3 is 11.1 Å². The molecule has 1 saturated carbocycles. The zero-order chi connectivity index (χ0) is 12.5. The summed E-state index contributed by atoms with van der Waals surface area (Å²) in [5, 5.41) is 2.66. The summed E-state index contributed by atoms with van der Waals surface area (Å²) >= 11 is 0. The number of amides is 2. The summed E-state index contributed by atoms with van der Waals surface area (Å²) in [6.45, 7) is 2.26. The summed E-state index contributed by atoms with van der Waals surface area (Å²) in [7, 11) is 0. The van der Waals surface area contributed by atoms with Crippen LogP contribution in [0, 0.1) is 5.92 Å². The summed E-state index contributed by atoms with van der Waals surface area (Å²) in [4.78, 5) is 28.1. The minimum absolute atomic E-state index is 0.163. The van der Waals surface area contributed by atoms with Gasteiger partial charge in [-0.25, -0.2) is 5.48 Å². The Morgan fingerprint density at radius 1 is 1.65 bits per heavy atom. The van der Waals surface area contributed by atoms with Gasteiger partial charge in [-0.05, 0) is 18.8 Å². The van der Waals surface area contributed by atoms with E-state index in [0.717, 1.165) is 12.8 Å². The number of hydrogen-bond acceptors (Lipinski definition) is 4. The first-order valence-electron chi connectivity index (χ1n) is 6.03. The number of rotatable bonds is 2. The van der Waals surface area contributed by atoms with Gasteiger partial charge in [0.05, 0.1) is 5.54 Å². The maximum Gasteiger partial charge on any atom is 0.268 e. The second-order valence-electron chi connectivity index (χ2n) is 5.16. The monoisotopic (exact) mass is 241 g/mol. The Morgan fingerprint density at radius 2 is 2.41 bits per heavy atom. The molecule has 1 heterocycles. The summed E-state index contributed by atoms with van der Waals surface area (Å²) in [5.41, 5.74) is 7.50. The van der Waals surface area contributed by atoms with E-state index in [2.05, 4.69) is 17.7 Å². The van der Waals surface area contributed by atoms with Crippen molar-refractivity contribution < 1.29 is 14.4 Å². The first-order chi connectivity index (χ1) is 8.01. The highest BCUT2D eigenvalue weighted by molar-refractivity contribution is 5.92. The molecule has 96 valence electrons. The van der Waals surface area contributed by atoms with E-state index in [1.807, 2.05) is 0 Å². The first-order valence-corrected chi connectivity index (χ1v) is 6.03. The largest absolute Gasteiger partial charge is 0.341 e. The molecule has 4 N–H and O–H groups in total. The summed E-state index contributed by atoms with van der Waals surface area (Å²) in [6, 6.07) is -0.611. The minimum atomic E-state index is -0.833. The van der Waals surface area contributed by atoms with Gasteiger partial charge in [-0.2, -0.15) is 0 Å². The fourth-order valence-electron chi connectivity index (χ4n) is 2.55. The highest BCUT2D eigenvalue weighted by atomic mass is 16.7. The Balaban J connectivity index is 1.96. The van der Waals surface area contributed by atoms with Crippen molar-refractivity contribution in [1.82, 2.24) is 10.8 Å². The van der Waals surface area contributed by atoms with Gasteiger partial charge in [0.25, 0.3) is 5.91 Å². The standard InChI is InChI=1S/C11H19N3O3/c1-7-3-2-4-11(12,5-7)10(16)13-8-6-17-14-9(8)15/h7-8H,2-6,12H2,1H3,(H,13,16)(H,14,15)/t7?,8-,11?/m1/s1. The van der Waals surface area contributed by atoms with Crippen LogP contribution >= 0.6 is 0 Å². The van der Waals surface area contributed by atoms with E-state index in [4.69, 9.17) is 10.6 Å². The molecule has 3 atom stereocenters. The lowest BCUT2D eigenvalue weighted by molar-refractivity contribution is -0.132. The molecule has 1 aliphatic carbocycles. The van der Waals surface area contributed by atoms with Crippen LogP contribution in [-0.4, -0.2) is 30.0 Å². The molecule has 0 spiro atoms. The fraction of sp³-hybridized carbons (Fsp3) is 0.818. The zero-order valence-electron chi connectivity index (χ0n) is 9.99. The molecule has 2 rings (SSSR count). The molecule has 2 fully saturated rings. The van der Waals surface area contributed by atoms with E-state index in [-0.39, 0.29) is 18.4 Å². The number of hydroxylamine groups is 1. The number of carbonyl (C=O) groups is 2. The first kappa shape index (κ1) is 12.3. The quantitative estimate of drug-likeness (QED) is 0.604. The van der Waals surface area contributed by atoms with Crippen LogP contribution in [0.15, 0.2) is 0 Å². The van der Waals surface area contributed by atoms with Crippen LogP contribution in [-0.2, 0) is 14.4 Å². The number of nitrogens with one attached hydrogen (secondary N) is 2. The van der Waals surface area contributed by atoms with Gasteiger partial charge in [0.15, 0.2) is 0 Å². The highest BCUT2D eigenvalue weighted by Gasteiger charge is 2.40. The smallest absolute Gasteiger partial charge is 0.268 e. The van der Waals surface area contributed by atoms with Gasteiger partial charge in [-0.3, -0.25) is 14.4 Å². The predicted octanol–water partition coefficient (Wildman–Crippen LogP) is -0.560.